The maximum absolute atomic E-state index is 11.2. The van der Waals surface area contributed by atoms with Crippen LogP contribution in [0.4, 0.5) is 0 Å². The maximum Gasteiger partial charge on any atom is 0.315 e. The molecule has 2 rings (SSSR count). The number of carboxylic acids is 1. The number of Topliss-reactive ketones (excluding diaryl/α,β-unsaturated/α-hetero) is 1. The van der Waals surface area contributed by atoms with Crippen molar-refractivity contribution in [2.24, 2.45) is 0 Å². The minimum absolute atomic E-state index is 0.0281. The number of hydrogen-bond acceptors (Lipinski definition) is 2. The Balaban J connectivity index is 2.45. The van der Waals surface area contributed by atoms with Crippen molar-refractivity contribution < 1.29 is 14.7 Å². The molecular formula is C11H8Cl2O3. The predicted molar refractivity (Wildman–Crippen MR) is 60.0 cm³/mol. The van der Waals surface area contributed by atoms with Gasteiger partial charge in [0.1, 0.15) is 11.2 Å². The number of aliphatic carboxylic acids is 1. The van der Waals surface area contributed by atoms with E-state index in [0.717, 1.165) is 0 Å². The summed E-state index contributed by atoms with van der Waals surface area (Å²) in [5.74, 6) is -1.04. The van der Waals surface area contributed by atoms with Crippen molar-refractivity contribution in [3.05, 3.63) is 33.8 Å². The van der Waals surface area contributed by atoms with Crippen molar-refractivity contribution in [2.45, 2.75) is 18.3 Å². The Kier molecular flexibility index (Phi) is 2.68. The summed E-state index contributed by atoms with van der Waals surface area (Å²) in [6.07, 6.45) is 0.0561. The maximum atomic E-state index is 11.2. The summed E-state index contributed by atoms with van der Waals surface area (Å²) < 4.78 is 0. The molecule has 0 bridgehead atoms. The van der Waals surface area contributed by atoms with Crippen molar-refractivity contribution in [1.82, 2.24) is 0 Å². The molecule has 1 aromatic carbocycles. The zero-order chi connectivity index (χ0) is 11.9. The van der Waals surface area contributed by atoms with Gasteiger partial charge in [-0.15, -0.1) is 0 Å². The number of carboxylic acid groups (broad SMARTS) is 1. The van der Waals surface area contributed by atoms with Crippen molar-refractivity contribution in [3.8, 4) is 0 Å². The normalized spacial score (nSPS) is 18.0. The lowest BCUT2D eigenvalue weighted by atomic mass is 9.63. The molecule has 1 fully saturated rings. The average Bonchev–Trinajstić information content (AvgIpc) is 2.17. The van der Waals surface area contributed by atoms with Gasteiger partial charge in [0.05, 0.1) is 10.0 Å². The van der Waals surface area contributed by atoms with Gasteiger partial charge in [-0.2, -0.15) is 0 Å². The third-order valence-corrected chi connectivity index (χ3v) is 3.62. The van der Waals surface area contributed by atoms with Gasteiger partial charge in [0.2, 0.25) is 0 Å². The second kappa shape index (κ2) is 3.75. The molecule has 5 heteroatoms. The van der Waals surface area contributed by atoms with Crippen LogP contribution < -0.4 is 0 Å². The number of rotatable bonds is 2. The summed E-state index contributed by atoms with van der Waals surface area (Å²) in [6, 6.07) is 4.67. The summed E-state index contributed by atoms with van der Waals surface area (Å²) in [5, 5.41) is 9.86. The summed E-state index contributed by atoms with van der Waals surface area (Å²) in [6.45, 7) is 0. The predicted octanol–water partition coefficient (Wildman–Crippen LogP) is 2.68. The molecule has 84 valence electrons. The monoisotopic (exact) mass is 258 g/mol. The largest absolute Gasteiger partial charge is 0.481 e. The second-order valence-electron chi connectivity index (χ2n) is 3.91. The highest BCUT2D eigenvalue weighted by atomic mass is 35.5. The fourth-order valence-electron chi connectivity index (χ4n) is 1.89. The van der Waals surface area contributed by atoms with Gasteiger partial charge in [-0.1, -0.05) is 29.3 Å². The summed E-state index contributed by atoms with van der Waals surface area (Å²) in [4.78, 5) is 22.2. The number of benzene rings is 1. The lowest BCUT2D eigenvalue weighted by molar-refractivity contribution is -0.153. The van der Waals surface area contributed by atoms with Crippen LogP contribution in [0.5, 0.6) is 0 Å². The zero-order valence-corrected chi connectivity index (χ0v) is 9.68. The first kappa shape index (κ1) is 11.4. The van der Waals surface area contributed by atoms with E-state index in [2.05, 4.69) is 0 Å². The van der Waals surface area contributed by atoms with Crippen LogP contribution in [0.25, 0.3) is 0 Å². The molecule has 0 aliphatic heterocycles. The molecule has 16 heavy (non-hydrogen) atoms. The van der Waals surface area contributed by atoms with E-state index in [1.165, 1.54) is 6.07 Å². The van der Waals surface area contributed by atoms with E-state index in [4.69, 9.17) is 23.2 Å². The van der Waals surface area contributed by atoms with Crippen LogP contribution in [-0.2, 0) is 15.0 Å². The number of ketones is 1. The van der Waals surface area contributed by atoms with E-state index >= 15 is 0 Å². The van der Waals surface area contributed by atoms with Crippen LogP contribution in [-0.4, -0.2) is 16.9 Å². The second-order valence-corrected chi connectivity index (χ2v) is 4.72. The third kappa shape index (κ3) is 1.60. The lowest BCUT2D eigenvalue weighted by Gasteiger charge is -2.36. The first-order valence-electron chi connectivity index (χ1n) is 4.66. The van der Waals surface area contributed by atoms with E-state index < -0.39 is 11.4 Å². The average molecular weight is 259 g/mol. The zero-order valence-electron chi connectivity index (χ0n) is 8.17. The van der Waals surface area contributed by atoms with Gasteiger partial charge in [-0.3, -0.25) is 9.59 Å². The van der Waals surface area contributed by atoms with Gasteiger partial charge >= 0.3 is 5.97 Å². The standard InChI is InChI=1S/C11H8Cl2O3/c12-8-2-1-6(3-9(8)13)11(10(15)16)4-7(14)5-11/h1-3H,4-5H2,(H,15,16). The Labute approximate surface area is 102 Å². The Morgan fingerprint density at radius 2 is 1.88 bits per heavy atom. The van der Waals surface area contributed by atoms with E-state index in [0.29, 0.717) is 15.6 Å². The van der Waals surface area contributed by atoms with Crippen LogP contribution in [0.2, 0.25) is 10.0 Å². The fraction of sp³-hybridized carbons (Fsp3) is 0.273. The molecule has 1 saturated carbocycles. The molecule has 0 radical (unpaired) electrons. The van der Waals surface area contributed by atoms with E-state index in [1.807, 2.05) is 0 Å². The highest BCUT2D eigenvalue weighted by Crippen LogP contribution is 2.43. The Hall–Kier alpha value is -1.06. The topological polar surface area (TPSA) is 54.4 Å². The first-order valence-corrected chi connectivity index (χ1v) is 5.42. The van der Waals surface area contributed by atoms with Crippen molar-refractivity contribution in [1.29, 1.82) is 0 Å². The number of carbonyl (C=O) groups excluding carboxylic acids is 1. The molecule has 0 aromatic heterocycles. The van der Waals surface area contributed by atoms with Crippen molar-refractivity contribution in [3.63, 3.8) is 0 Å². The molecule has 0 saturated heterocycles. The van der Waals surface area contributed by atoms with E-state index in [9.17, 15) is 14.7 Å². The molecule has 1 aliphatic carbocycles. The highest BCUT2D eigenvalue weighted by molar-refractivity contribution is 6.42. The molecule has 0 spiro atoms. The van der Waals surface area contributed by atoms with Gasteiger partial charge in [0.25, 0.3) is 0 Å². The minimum atomic E-state index is -1.11. The summed E-state index contributed by atoms with van der Waals surface area (Å²) in [5.41, 5.74) is -0.570. The van der Waals surface area contributed by atoms with Crippen LogP contribution in [0.15, 0.2) is 18.2 Å². The van der Waals surface area contributed by atoms with Crippen molar-refractivity contribution in [2.75, 3.05) is 0 Å². The number of carbonyl (C=O) groups is 2. The fourth-order valence-corrected chi connectivity index (χ4v) is 2.19. The van der Waals surface area contributed by atoms with Gasteiger partial charge in [0, 0.05) is 12.8 Å². The molecular weight excluding hydrogens is 251 g/mol. The molecule has 1 aliphatic rings. The van der Waals surface area contributed by atoms with Crippen LogP contribution in [0, 0.1) is 0 Å². The summed E-state index contributed by atoms with van der Waals surface area (Å²) in [7, 11) is 0. The third-order valence-electron chi connectivity index (χ3n) is 2.88. The highest BCUT2D eigenvalue weighted by Gasteiger charge is 2.51. The van der Waals surface area contributed by atoms with Crippen LogP contribution in [0.3, 0.4) is 0 Å². The van der Waals surface area contributed by atoms with E-state index in [-0.39, 0.29) is 18.6 Å². The lowest BCUT2D eigenvalue weighted by Crippen LogP contribution is -2.48. The molecule has 0 heterocycles. The van der Waals surface area contributed by atoms with Crippen LogP contribution in [0.1, 0.15) is 18.4 Å². The molecule has 0 amide bonds. The van der Waals surface area contributed by atoms with E-state index in [1.54, 1.807) is 12.1 Å². The van der Waals surface area contributed by atoms with Gasteiger partial charge in [-0.05, 0) is 17.7 Å². The Morgan fingerprint density at radius 3 is 2.31 bits per heavy atom. The Morgan fingerprint density at radius 1 is 1.25 bits per heavy atom. The number of halogens is 2. The molecule has 0 unspecified atom stereocenters. The smallest absolute Gasteiger partial charge is 0.315 e. The van der Waals surface area contributed by atoms with Gasteiger partial charge in [0.15, 0.2) is 0 Å². The molecule has 3 nitrogen and oxygen atoms in total. The Bertz CT molecular complexity index is 474. The van der Waals surface area contributed by atoms with Gasteiger partial charge in [-0.25, -0.2) is 0 Å². The molecule has 1 N–H and O–H groups in total. The minimum Gasteiger partial charge on any atom is -0.481 e. The van der Waals surface area contributed by atoms with Crippen LogP contribution >= 0.6 is 23.2 Å². The SMILES string of the molecule is O=C1CC(C(=O)O)(c2ccc(Cl)c(Cl)c2)C1. The summed E-state index contributed by atoms with van der Waals surface area (Å²) >= 11 is 11.6. The van der Waals surface area contributed by atoms with Crippen molar-refractivity contribution >= 4 is 35.0 Å². The molecule has 1 aromatic rings. The first-order chi connectivity index (χ1) is 7.45. The number of hydrogen-bond donors (Lipinski definition) is 1. The molecule has 0 atom stereocenters. The van der Waals surface area contributed by atoms with Gasteiger partial charge < -0.3 is 5.11 Å². The quantitative estimate of drug-likeness (QED) is 0.888.